The fraction of sp³-hybridized carbons (Fsp3) is 0.263. The first-order chi connectivity index (χ1) is 12.4. The van der Waals surface area contributed by atoms with E-state index in [4.69, 9.17) is 4.74 Å². The van der Waals surface area contributed by atoms with E-state index in [1.54, 1.807) is 23.1 Å². The van der Waals surface area contributed by atoms with Gasteiger partial charge in [0.15, 0.2) is 10.4 Å². The number of rotatable bonds is 3. The number of carbonyl (C=O) groups is 2. The van der Waals surface area contributed by atoms with E-state index in [1.807, 2.05) is 0 Å². The van der Waals surface area contributed by atoms with Crippen LogP contribution in [-0.2, 0) is 13.9 Å². The smallest absolute Gasteiger partial charge is 0.329 e. The summed E-state index contributed by atoms with van der Waals surface area (Å²) in [5.74, 6) is -1.07. The molecule has 2 aromatic carbocycles. The Morgan fingerprint density at radius 1 is 1.27 bits per heavy atom. The van der Waals surface area contributed by atoms with Gasteiger partial charge in [0.1, 0.15) is 11.6 Å². The lowest BCUT2D eigenvalue weighted by Gasteiger charge is -2.24. The number of fused-ring (bicyclic) bond motifs is 1. The number of amides is 1. The van der Waals surface area contributed by atoms with Crippen LogP contribution >= 0.6 is 15.9 Å². The highest BCUT2D eigenvalue weighted by atomic mass is 79.9. The van der Waals surface area contributed by atoms with Crippen LogP contribution in [-0.4, -0.2) is 23.5 Å². The van der Waals surface area contributed by atoms with Gasteiger partial charge < -0.3 is 14.7 Å². The lowest BCUT2D eigenvalue weighted by Crippen LogP contribution is -2.34. The van der Waals surface area contributed by atoms with Crippen LogP contribution in [0, 0.1) is 5.82 Å². The first-order valence-corrected chi connectivity index (χ1v) is 9.00. The summed E-state index contributed by atoms with van der Waals surface area (Å²) in [5, 5.41) is 9.86. The minimum Gasteiger partial charge on any atom is -0.483 e. The van der Waals surface area contributed by atoms with Crippen molar-refractivity contribution in [3.63, 3.8) is 0 Å². The summed E-state index contributed by atoms with van der Waals surface area (Å²) in [5.41, 5.74) is 1.70. The molecule has 2 heterocycles. The summed E-state index contributed by atoms with van der Waals surface area (Å²) in [6, 6.07) is 10.7. The Kier molecular flexibility index (Phi) is 3.99. The monoisotopic (exact) mass is 419 g/mol. The predicted octanol–water partition coefficient (Wildman–Crippen LogP) is 3.76. The molecule has 2 aliphatic rings. The van der Waals surface area contributed by atoms with E-state index in [0.29, 0.717) is 35.5 Å². The molecular formula is C19H15BrFNO4. The number of hydrogen-bond donors (Lipinski definition) is 1. The zero-order valence-electron chi connectivity index (χ0n) is 13.6. The summed E-state index contributed by atoms with van der Waals surface area (Å²) in [6.45, 7) is 0.636. The molecule has 5 nitrogen and oxygen atoms in total. The van der Waals surface area contributed by atoms with Crippen molar-refractivity contribution in [3.8, 4) is 5.75 Å². The summed E-state index contributed by atoms with van der Waals surface area (Å²) < 4.78 is 17.7. The number of halogens is 2. The van der Waals surface area contributed by atoms with Crippen LogP contribution in [0.1, 0.15) is 30.1 Å². The predicted molar refractivity (Wildman–Crippen MR) is 96.0 cm³/mol. The highest BCUT2D eigenvalue weighted by molar-refractivity contribution is 9.10. The second kappa shape index (κ2) is 6.09. The number of nitrogens with zero attached hydrogens (tertiary/aromatic N) is 1. The van der Waals surface area contributed by atoms with Gasteiger partial charge in [0.25, 0.3) is 0 Å². The SMILES string of the molecule is O=C1CCCN1c1ccc2c(c1)OC(c1ccc(F)cc1)C2(Br)C(=O)O. The van der Waals surface area contributed by atoms with Crippen LogP contribution in [0.5, 0.6) is 5.75 Å². The van der Waals surface area contributed by atoms with Gasteiger partial charge in [0.05, 0.1) is 0 Å². The van der Waals surface area contributed by atoms with E-state index in [0.717, 1.165) is 6.42 Å². The Morgan fingerprint density at radius 3 is 2.62 bits per heavy atom. The molecule has 26 heavy (non-hydrogen) atoms. The molecule has 0 spiro atoms. The highest BCUT2D eigenvalue weighted by Gasteiger charge is 2.54. The molecule has 0 aromatic heterocycles. The summed E-state index contributed by atoms with van der Waals surface area (Å²) in [4.78, 5) is 25.7. The lowest BCUT2D eigenvalue weighted by molar-refractivity contribution is -0.141. The number of hydrogen-bond acceptors (Lipinski definition) is 3. The molecule has 4 rings (SSSR count). The molecule has 1 fully saturated rings. The number of carboxylic acid groups (broad SMARTS) is 1. The van der Waals surface area contributed by atoms with Crippen molar-refractivity contribution in [2.45, 2.75) is 23.3 Å². The van der Waals surface area contributed by atoms with Crippen LogP contribution in [0.2, 0.25) is 0 Å². The zero-order valence-corrected chi connectivity index (χ0v) is 15.2. The topological polar surface area (TPSA) is 66.8 Å². The zero-order chi connectivity index (χ0) is 18.5. The van der Waals surface area contributed by atoms with E-state index in [-0.39, 0.29) is 5.91 Å². The van der Waals surface area contributed by atoms with Gasteiger partial charge in [0.2, 0.25) is 5.91 Å². The average molecular weight is 420 g/mol. The molecule has 134 valence electrons. The van der Waals surface area contributed by atoms with Crippen LogP contribution in [0.4, 0.5) is 10.1 Å². The van der Waals surface area contributed by atoms with Crippen LogP contribution in [0.3, 0.4) is 0 Å². The number of aliphatic carboxylic acids is 1. The molecule has 0 aliphatic carbocycles. The van der Waals surface area contributed by atoms with Gasteiger partial charge in [-0.05, 0) is 30.2 Å². The maximum absolute atomic E-state index is 13.2. The minimum atomic E-state index is -1.49. The Labute approximate surface area is 157 Å². The molecular weight excluding hydrogens is 405 g/mol. The van der Waals surface area contributed by atoms with Crippen molar-refractivity contribution < 1.29 is 23.8 Å². The third kappa shape index (κ3) is 2.49. The largest absolute Gasteiger partial charge is 0.483 e. The number of alkyl halides is 1. The van der Waals surface area contributed by atoms with Crippen molar-refractivity contribution in [3.05, 3.63) is 59.4 Å². The van der Waals surface area contributed by atoms with E-state index in [2.05, 4.69) is 15.9 Å². The first kappa shape index (κ1) is 17.0. The standard InChI is InChI=1S/C19H15BrFNO4/c20-19(18(24)25)14-8-7-13(22-9-1-2-16(22)23)10-15(14)26-17(19)11-3-5-12(21)6-4-11/h3-8,10,17H,1-2,9H2,(H,24,25). The van der Waals surface area contributed by atoms with E-state index < -0.39 is 22.2 Å². The van der Waals surface area contributed by atoms with Gasteiger partial charge >= 0.3 is 5.97 Å². The molecule has 2 aliphatic heterocycles. The maximum Gasteiger partial charge on any atom is 0.329 e. The van der Waals surface area contributed by atoms with E-state index >= 15 is 0 Å². The molecule has 0 bridgehead atoms. The maximum atomic E-state index is 13.2. The van der Waals surface area contributed by atoms with Crippen LogP contribution < -0.4 is 9.64 Å². The Bertz CT molecular complexity index is 901. The van der Waals surface area contributed by atoms with Gasteiger partial charge in [-0.2, -0.15) is 0 Å². The van der Waals surface area contributed by atoms with Crippen LogP contribution in [0.15, 0.2) is 42.5 Å². The number of anilines is 1. The summed E-state index contributed by atoms with van der Waals surface area (Å²) in [7, 11) is 0. The Hall–Kier alpha value is -2.41. The van der Waals surface area contributed by atoms with Crippen molar-refractivity contribution >= 4 is 33.5 Å². The van der Waals surface area contributed by atoms with Crippen molar-refractivity contribution in [1.82, 2.24) is 0 Å². The second-order valence-corrected chi connectivity index (χ2v) is 7.65. The van der Waals surface area contributed by atoms with Crippen molar-refractivity contribution in [1.29, 1.82) is 0 Å². The fourth-order valence-electron chi connectivity index (χ4n) is 3.51. The molecule has 1 amide bonds. The quantitative estimate of drug-likeness (QED) is 0.769. The number of benzene rings is 2. The normalized spacial score (nSPS) is 24.5. The number of carbonyl (C=O) groups excluding carboxylic acids is 1. The van der Waals surface area contributed by atoms with Gasteiger partial charge in [-0.25, -0.2) is 4.39 Å². The lowest BCUT2D eigenvalue weighted by atomic mass is 9.90. The molecule has 0 saturated carbocycles. The third-order valence-corrected chi connectivity index (χ3v) is 6.01. The molecule has 2 unspecified atom stereocenters. The minimum absolute atomic E-state index is 0.0429. The van der Waals surface area contributed by atoms with Gasteiger partial charge in [-0.1, -0.05) is 34.1 Å². The van der Waals surface area contributed by atoms with E-state index in [1.165, 1.54) is 24.3 Å². The third-order valence-electron chi connectivity index (χ3n) is 4.83. The van der Waals surface area contributed by atoms with Crippen LogP contribution in [0.25, 0.3) is 0 Å². The van der Waals surface area contributed by atoms with E-state index in [9.17, 15) is 19.1 Å². The average Bonchev–Trinajstić information content (AvgIpc) is 3.17. The fourth-order valence-corrected chi connectivity index (χ4v) is 4.20. The Balaban J connectivity index is 1.78. The van der Waals surface area contributed by atoms with Gasteiger partial charge in [0, 0.05) is 30.3 Å². The number of ether oxygens (including phenoxy) is 1. The molecule has 7 heteroatoms. The first-order valence-electron chi connectivity index (χ1n) is 8.20. The highest BCUT2D eigenvalue weighted by Crippen LogP contribution is 2.55. The van der Waals surface area contributed by atoms with Crippen molar-refractivity contribution in [2.75, 3.05) is 11.4 Å². The second-order valence-electron chi connectivity index (χ2n) is 6.40. The van der Waals surface area contributed by atoms with Gasteiger partial charge in [-0.3, -0.25) is 9.59 Å². The molecule has 1 N–H and O–H groups in total. The molecule has 1 saturated heterocycles. The Morgan fingerprint density at radius 2 is 2.00 bits per heavy atom. The molecule has 2 atom stereocenters. The number of carboxylic acids is 1. The molecule has 0 radical (unpaired) electrons. The summed E-state index contributed by atoms with van der Waals surface area (Å²) >= 11 is 3.35. The van der Waals surface area contributed by atoms with Gasteiger partial charge in [-0.15, -0.1) is 0 Å². The van der Waals surface area contributed by atoms with Crippen molar-refractivity contribution in [2.24, 2.45) is 0 Å². The summed E-state index contributed by atoms with van der Waals surface area (Å²) in [6.07, 6.45) is 0.445. The molecule has 2 aromatic rings.